The number of aromatic hydroxyl groups is 1. The number of benzene rings is 1. The van der Waals surface area contributed by atoms with Gasteiger partial charge < -0.3 is 10.4 Å². The predicted octanol–water partition coefficient (Wildman–Crippen LogP) is 2.40. The maximum absolute atomic E-state index is 11.8. The van der Waals surface area contributed by atoms with Crippen LogP contribution in [-0.4, -0.2) is 18.1 Å². The number of hydrogen-bond donors (Lipinski definition) is 2. The van der Waals surface area contributed by atoms with Gasteiger partial charge in [0.15, 0.2) is 0 Å². The van der Waals surface area contributed by atoms with Crippen LogP contribution in [0.1, 0.15) is 5.56 Å². The highest BCUT2D eigenvalue weighted by Crippen LogP contribution is 2.20. The summed E-state index contributed by atoms with van der Waals surface area (Å²) in [5.74, 6) is 0.0520. The summed E-state index contributed by atoms with van der Waals surface area (Å²) in [4.78, 5) is 0. The Morgan fingerprint density at radius 3 is 2.79 bits per heavy atom. The lowest BCUT2D eigenvalue weighted by Crippen LogP contribution is -2.20. The van der Waals surface area contributed by atoms with Crippen molar-refractivity contribution >= 4 is 11.6 Å². The third-order valence-corrected chi connectivity index (χ3v) is 1.89. The Morgan fingerprint density at radius 2 is 2.14 bits per heavy atom. The zero-order valence-corrected chi connectivity index (χ0v) is 8.06. The van der Waals surface area contributed by atoms with Gasteiger partial charge in [-0.3, -0.25) is 0 Å². The molecule has 0 saturated carbocycles. The lowest BCUT2D eigenvalue weighted by Gasteiger charge is -2.06. The number of rotatable bonds is 4. The van der Waals surface area contributed by atoms with Crippen molar-refractivity contribution in [3.05, 3.63) is 28.8 Å². The van der Waals surface area contributed by atoms with Gasteiger partial charge in [-0.1, -0.05) is 11.6 Å². The van der Waals surface area contributed by atoms with Crippen molar-refractivity contribution in [2.45, 2.75) is 13.0 Å². The summed E-state index contributed by atoms with van der Waals surface area (Å²) in [6.07, 6.45) is -2.39. The predicted molar refractivity (Wildman–Crippen MR) is 50.8 cm³/mol. The number of phenols is 1. The maximum atomic E-state index is 11.8. The fourth-order valence-electron chi connectivity index (χ4n) is 1.01. The lowest BCUT2D eigenvalue weighted by molar-refractivity contribution is 0.145. The Morgan fingerprint density at radius 1 is 1.43 bits per heavy atom. The molecule has 5 heteroatoms. The molecule has 0 saturated heterocycles. The summed E-state index contributed by atoms with van der Waals surface area (Å²) in [6, 6.07) is 4.50. The minimum absolute atomic E-state index is 0.0520. The van der Waals surface area contributed by atoms with E-state index < -0.39 is 13.0 Å². The molecule has 1 aromatic rings. The van der Waals surface area contributed by atoms with Gasteiger partial charge in [0, 0.05) is 17.1 Å². The van der Waals surface area contributed by atoms with Crippen molar-refractivity contribution in [3.63, 3.8) is 0 Å². The highest BCUT2D eigenvalue weighted by atomic mass is 35.5. The average molecular weight is 222 g/mol. The van der Waals surface area contributed by atoms with Crippen LogP contribution < -0.4 is 5.32 Å². The number of halogens is 3. The second-order valence-corrected chi connectivity index (χ2v) is 3.23. The molecule has 0 aliphatic rings. The van der Waals surface area contributed by atoms with E-state index in [2.05, 4.69) is 5.32 Å². The lowest BCUT2D eigenvalue weighted by atomic mass is 10.2. The first-order valence-corrected chi connectivity index (χ1v) is 4.43. The molecule has 0 aromatic heterocycles. The number of hydrogen-bond acceptors (Lipinski definition) is 2. The molecule has 1 rings (SSSR count). The minimum Gasteiger partial charge on any atom is -0.508 e. The Bertz CT molecular complexity index is 307. The minimum atomic E-state index is -2.39. The molecule has 0 heterocycles. The van der Waals surface area contributed by atoms with Crippen molar-refractivity contribution in [3.8, 4) is 5.75 Å². The van der Waals surface area contributed by atoms with E-state index >= 15 is 0 Å². The topological polar surface area (TPSA) is 32.3 Å². The van der Waals surface area contributed by atoms with Gasteiger partial charge in [0.05, 0.1) is 6.54 Å². The van der Waals surface area contributed by atoms with Crippen LogP contribution in [0.4, 0.5) is 8.78 Å². The molecule has 14 heavy (non-hydrogen) atoms. The molecule has 0 unspecified atom stereocenters. The van der Waals surface area contributed by atoms with Crippen molar-refractivity contribution < 1.29 is 13.9 Å². The van der Waals surface area contributed by atoms with Gasteiger partial charge in [-0.05, 0) is 18.2 Å². The highest BCUT2D eigenvalue weighted by Gasteiger charge is 2.04. The normalized spacial score (nSPS) is 10.9. The summed E-state index contributed by atoms with van der Waals surface area (Å²) < 4.78 is 23.5. The molecule has 0 spiro atoms. The number of phenolic OH excluding ortho intramolecular Hbond substituents is 1. The quantitative estimate of drug-likeness (QED) is 0.818. The standard InChI is InChI=1S/C9H10ClF2NO/c10-7-1-2-8(14)6(3-7)4-13-5-9(11)12/h1-3,9,13-14H,4-5H2. The van der Waals surface area contributed by atoms with E-state index in [0.717, 1.165) is 0 Å². The number of alkyl halides is 2. The average Bonchev–Trinajstić information content (AvgIpc) is 2.10. The third-order valence-electron chi connectivity index (χ3n) is 1.66. The summed E-state index contributed by atoms with van der Waals surface area (Å²) in [7, 11) is 0. The SMILES string of the molecule is Oc1ccc(Cl)cc1CNCC(F)F. The van der Waals surface area contributed by atoms with Crippen molar-refractivity contribution in [2.24, 2.45) is 0 Å². The Hall–Kier alpha value is -0.870. The van der Waals surface area contributed by atoms with Gasteiger partial charge in [-0.25, -0.2) is 8.78 Å². The molecule has 78 valence electrons. The molecular formula is C9H10ClF2NO. The van der Waals surface area contributed by atoms with Crippen LogP contribution in [0.3, 0.4) is 0 Å². The van der Waals surface area contributed by atoms with Gasteiger partial charge in [-0.2, -0.15) is 0 Å². The van der Waals surface area contributed by atoms with Gasteiger partial charge in [0.2, 0.25) is 0 Å². The summed E-state index contributed by atoms with van der Waals surface area (Å²) in [5, 5.41) is 12.3. The third kappa shape index (κ3) is 3.47. The Kier molecular flexibility index (Phi) is 4.10. The second kappa shape index (κ2) is 5.12. The Labute approximate surface area is 85.5 Å². The molecule has 0 radical (unpaired) electrons. The van der Waals surface area contributed by atoms with E-state index in [1.54, 1.807) is 0 Å². The van der Waals surface area contributed by atoms with Crippen LogP contribution in [0.15, 0.2) is 18.2 Å². The van der Waals surface area contributed by atoms with Gasteiger partial charge >= 0.3 is 0 Å². The second-order valence-electron chi connectivity index (χ2n) is 2.80. The molecule has 0 amide bonds. The monoisotopic (exact) mass is 221 g/mol. The first kappa shape index (κ1) is 11.2. The summed E-state index contributed by atoms with van der Waals surface area (Å²) >= 11 is 5.67. The van der Waals surface area contributed by atoms with E-state index in [9.17, 15) is 13.9 Å². The molecule has 0 bridgehead atoms. The van der Waals surface area contributed by atoms with Crippen LogP contribution in [0.5, 0.6) is 5.75 Å². The maximum Gasteiger partial charge on any atom is 0.250 e. The van der Waals surface area contributed by atoms with Crippen molar-refractivity contribution in [1.82, 2.24) is 5.32 Å². The zero-order chi connectivity index (χ0) is 10.6. The van der Waals surface area contributed by atoms with E-state index in [1.165, 1.54) is 18.2 Å². The molecule has 2 N–H and O–H groups in total. The molecule has 2 nitrogen and oxygen atoms in total. The van der Waals surface area contributed by atoms with E-state index in [0.29, 0.717) is 10.6 Å². The molecule has 0 fully saturated rings. The summed E-state index contributed by atoms with van der Waals surface area (Å²) in [5.41, 5.74) is 0.512. The van der Waals surface area contributed by atoms with Crippen molar-refractivity contribution in [2.75, 3.05) is 6.54 Å². The van der Waals surface area contributed by atoms with Crippen LogP contribution >= 0.6 is 11.6 Å². The molecule has 0 aliphatic heterocycles. The van der Waals surface area contributed by atoms with Crippen LogP contribution in [0.25, 0.3) is 0 Å². The molecular weight excluding hydrogens is 212 g/mol. The van der Waals surface area contributed by atoms with E-state index in [-0.39, 0.29) is 12.3 Å². The first-order chi connectivity index (χ1) is 6.59. The Balaban J connectivity index is 2.53. The van der Waals surface area contributed by atoms with Gasteiger partial charge in [-0.15, -0.1) is 0 Å². The number of nitrogens with one attached hydrogen (secondary N) is 1. The fourth-order valence-corrected chi connectivity index (χ4v) is 1.21. The van der Waals surface area contributed by atoms with Crippen LogP contribution in [0, 0.1) is 0 Å². The van der Waals surface area contributed by atoms with Crippen molar-refractivity contribution in [1.29, 1.82) is 0 Å². The van der Waals surface area contributed by atoms with Gasteiger partial charge in [0.1, 0.15) is 5.75 Å². The van der Waals surface area contributed by atoms with Crippen LogP contribution in [-0.2, 0) is 6.54 Å². The summed E-state index contributed by atoms with van der Waals surface area (Å²) in [6.45, 7) is -0.220. The first-order valence-electron chi connectivity index (χ1n) is 4.06. The fraction of sp³-hybridized carbons (Fsp3) is 0.333. The smallest absolute Gasteiger partial charge is 0.250 e. The van der Waals surface area contributed by atoms with E-state index in [1.807, 2.05) is 0 Å². The molecule has 1 aromatic carbocycles. The van der Waals surface area contributed by atoms with Gasteiger partial charge in [0.25, 0.3) is 6.43 Å². The highest BCUT2D eigenvalue weighted by molar-refractivity contribution is 6.30. The molecule has 0 aliphatic carbocycles. The zero-order valence-electron chi connectivity index (χ0n) is 7.30. The molecule has 0 atom stereocenters. The van der Waals surface area contributed by atoms with E-state index in [4.69, 9.17) is 11.6 Å². The van der Waals surface area contributed by atoms with Crippen LogP contribution in [0.2, 0.25) is 5.02 Å². The largest absolute Gasteiger partial charge is 0.508 e.